The van der Waals surface area contributed by atoms with E-state index in [1.54, 1.807) is 17.9 Å². The van der Waals surface area contributed by atoms with Crippen LogP contribution in [0, 0.1) is 5.92 Å². The van der Waals surface area contributed by atoms with Gasteiger partial charge in [-0.2, -0.15) is 4.58 Å². The van der Waals surface area contributed by atoms with Gasteiger partial charge in [0.05, 0.1) is 20.0 Å². The van der Waals surface area contributed by atoms with E-state index in [2.05, 4.69) is 15.9 Å². The highest BCUT2D eigenvalue weighted by Crippen LogP contribution is 2.01. The number of methoxy groups -OCH3 is 1. The molecule has 0 unspecified atom stereocenters. The third-order valence-corrected chi connectivity index (χ3v) is 1.64. The van der Waals surface area contributed by atoms with Crippen LogP contribution >= 0.6 is 0 Å². The van der Waals surface area contributed by atoms with Crippen molar-refractivity contribution in [1.29, 1.82) is 0 Å². The quantitative estimate of drug-likeness (QED) is 0.552. The van der Waals surface area contributed by atoms with Crippen molar-refractivity contribution < 1.29 is 9.31 Å². The van der Waals surface area contributed by atoms with E-state index in [1.165, 1.54) is 0 Å². The van der Waals surface area contributed by atoms with Crippen molar-refractivity contribution >= 4 is 17.7 Å². The van der Waals surface area contributed by atoms with Crippen LogP contribution in [0.4, 0.5) is 0 Å². The maximum atomic E-state index is 5.08. The highest BCUT2D eigenvalue weighted by atomic mass is 16.5. The molecule has 70 valence electrons. The topological polar surface area (TPSA) is 37.0 Å². The minimum atomic E-state index is 0.287. The maximum Gasteiger partial charge on any atom is 0.508 e. The molecule has 4 heteroatoms. The summed E-state index contributed by atoms with van der Waals surface area (Å²) in [6.07, 6.45) is 1.60. The minimum Gasteiger partial charge on any atom is -0.431 e. The molecule has 0 aromatic heterocycles. The number of hydrogen-bond donors (Lipinski definition) is 0. The molecule has 0 bridgehead atoms. The summed E-state index contributed by atoms with van der Waals surface area (Å²) in [5.74, 6) is 3.94. The molecule has 0 amide bonds. The fourth-order valence-corrected chi connectivity index (χ4v) is 0.899. The molecule has 1 aliphatic heterocycles. The predicted molar refractivity (Wildman–Crippen MR) is 52.5 cm³/mol. The van der Waals surface area contributed by atoms with Gasteiger partial charge < -0.3 is 4.74 Å². The van der Waals surface area contributed by atoms with Gasteiger partial charge in [-0.05, 0) is 0 Å². The van der Waals surface area contributed by atoms with Crippen molar-refractivity contribution in [3.8, 4) is 0 Å². The molecule has 0 aliphatic carbocycles. The Morgan fingerprint density at radius 2 is 2.23 bits per heavy atom. The monoisotopic (exact) mass is 180 g/mol. The second kappa shape index (κ2) is 4.01. The van der Waals surface area contributed by atoms with E-state index < -0.39 is 0 Å². The molecule has 0 N–H and O–H groups in total. The maximum absolute atomic E-state index is 5.08. The van der Waals surface area contributed by atoms with Crippen LogP contribution in [0.2, 0.25) is 0 Å². The molecule has 0 saturated carbocycles. The molecular formula is C9H14N3O+. The van der Waals surface area contributed by atoms with Gasteiger partial charge in [0.1, 0.15) is 6.20 Å². The van der Waals surface area contributed by atoms with Crippen LogP contribution in [-0.2, 0) is 4.74 Å². The summed E-state index contributed by atoms with van der Waals surface area (Å²) >= 11 is 0. The minimum absolute atomic E-state index is 0.287. The Kier molecular flexibility index (Phi) is 2.98. The molecule has 0 aromatic carbocycles. The van der Waals surface area contributed by atoms with Gasteiger partial charge >= 0.3 is 6.02 Å². The Morgan fingerprint density at radius 1 is 1.54 bits per heavy atom. The van der Waals surface area contributed by atoms with E-state index in [4.69, 9.17) is 4.74 Å². The Hall–Kier alpha value is -1.41. The lowest BCUT2D eigenvalue weighted by Crippen LogP contribution is -2.19. The summed E-state index contributed by atoms with van der Waals surface area (Å²) in [4.78, 5) is 8.39. The largest absolute Gasteiger partial charge is 0.508 e. The molecule has 1 rings (SSSR count). The Bertz CT molecular complexity index is 320. The zero-order valence-corrected chi connectivity index (χ0v) is 8.40. The average molecular weight is 180 g/mol. The van der Waals surface area contributed by atoms with Gasteiger partial charge in [-0.3, -0.25) is 0 Å². The lowest BCUT2D eigenvalue weighted by atomic mass is 10.2. The summed E-state index contributed by atoms with van der Waals surface area (Å²) in [5, 5.41) is 0. The van der Waals surface area contributed by atoms with Gasteiger partial charge in [0.2, 0.25) is 5.84 Å². The van der Waals surface area contributed by atoms with Crippen molar-refractivity contribution in [2.24, 2.45) is 15.9 Å². The van der Waals surface area contributed by atoms with Crippen LogP contribution in [0.1, 0.15) is 13.8 Å². The van der Waals surface area contributed by atoms with E-state index in [-0.39, 0.29) is 5.92 Å². The molecule has 0 atom stereocenters. The number of amidine groups is 2. The number of ether oxygens (including phenoxy) is 1. The van der Waals surface area contributed by atoms with Crippen LogP contribution in [0.25, 0.3) is 0 Å². The van der Waals surface area contributed by atoms with Crippen LogP contribution in [-0.4, -0.2) is 36.5 Å². The lowest BCUT2D eigenvalue weighted by molar-refractivity contribution is -0.384. The van der Waals surface area contributed by atoms with Gasteiger partial charge in [-0.25, -0.2) is 4.99 Å². The number of aliphatic imine (C=N–C) groups is 2. The summed E-state index contributed by atoms with van der Waals surface area (Å²) < 4.78 is 6.74. The highest BCUT2D eigenvalue weighted by molar-refractivity contribution is 5.94. The van der Waals surface area contributed by atoms with Crippen molar-refractivity contribution in [3.63, 3.8) is 0 Å². The van der Waals surface area contributed by atoms with E-state index in [0.29, 0.717) is 6.02 Å². The molecule has 0 fully saturated rings. The van der Waals surface area contributed by atoms with Gasteiger partial charge in [0, 0.05) is 10.9 Å². The van der Waals surface area contributed by atoms with Crippen molar-refractivity contribution in [2.45, 2.75) is 13.8 Å². The second-order valence-electron chi connectivity index (χ2n) is 3.06. The van der Waals surface area contributed by atoms with Gasteiger partial charge in [-0.15, -0.1) is 0 Å². The first-order valence-electron chi connectivity index (χ1n) is 4.17. The number of nitrogens with zero attached hydrogens (tertiary/aromatic N) is 3. The SMILES string of the molecule is COC1=NC(C(C)C)=NC=C=[N+]1C. The molecule has 0 radical (unpaired) electrons. The van der Waals surface area contributed by atoms with Gasteiger partial charge in [0.15, 0.2) is 0 Å². The van der Waals surface area contributed by atoms with Crippen molar-refractivity contribution in [2.75, 3.05) is 14.2 Å². The third-order valence-electron chi connectivity index (χ3n) is 1.64. The molecule has 0 spiro atoms. The fourth-order valence-electron chi connectivity index (χ4n) is 0.899. The molecule has 4 nitrogen and oxygen atoms in total. The summed E-state index contributed by atoms with van der Waals surface area (Å²) in [7, 11) is 3.40. The Morgan fingerprint density at radius 3 is 2.77 bits per heavy atom. The predicted octanol–water partition coefficient (Wildman–Crippen LogP) is 0.883. The fraction of sp³-hybridized carbons (Fsp3) is 0.556. The van der Waals surface area contributed by atoms with Crippen molar-refractivity contribution in [1.82, 2.24) is 0 Å². The Labute approximate surface area is 78.0 Å². The second-order valence-corrected chi connectivity index (χ2v) is 3.06. The van der Waals surface area contributed by atoms with E-state index in [9.17, 15) is 0 Å². The molecule has 13 heavy (non-hydrogen) atoms. The summed E-state index contributed by atoms with van der Waals surface area (Å²) in [5.41, 5.74) is 0. The zero-order chi connectivity index (χ0) is 9.84. The van der Waals surface area contributed by atoms with Crippen LogP contribution in [0.5, 0.6) is 0 Å². The van der Waals surface area contributed by atoms with E-state index in [0.717, 1.165) is 5.84 Å². The van der Waals surface area contributed by atoms with Gasteiger partial charge in [-0.1, -0.05) is 13.8 Å². The first-order valence-corrected chi connectivity index (χ1v) is 4.17. The molecule has 1 aliphatic rings. The van der Waals surface area contributed by atoms with Crippen LogP contribution in [0.3, 0.4) is 0 Å². The first kappa shape index (κ1) is 9.68. The third kappa shape index (κ3) is 2.26. The number of rotatable bonds is 1. The standard InChI is InChI=1S/C9H14N3O/c1-7(2)8-10-5-6-12(3)9(11-8)13-4/h5,7H,1-4H3/q+1. The molecule has 0 aromatic rings. The average Bonchev–Trinajstić information content (AvgIpc) is 2.27. The zero-order valence-electron chi connectivity index (χ0n) is 8.40. The molecular weight excluding hydrogens is 166 g/mol. The first-order chi connectivity index (χ1) is 6.15. The van der Waals surface area contributed by atoms with Crippen LogP contribution in [0.15, 0.2) is 16.2 Å². The van der Waals surface area contributed by atoms with Crippen molar-refractivity contribution in [3.05, 3.63) is 6.20 Å². The smallest absolute Gasteiger partial charge is 0.431 e. The summed E-state index contributed by atoms with van der Waals surface area (Å²) in [6, 6.07) is 0.515. The van der Waals surface area contributed by atoms with Crippen LogP contribution < -0.4 is 0 Å². The van der Waals surface area contributed by atoms with E-state index in [1.807, 2.05) is 20.9 Å². The lowest BCUT2D eigenvalue weighted by Gasteiger charge is -1.97. The summed E-state index contributed by atoms with van der Waals surface area (Å²) in [6.45, 7) is 4.07. The molecule has 0 saturated heterocycles. The molecule has 1 heterocycles. The normalized spacial score (nSPS) is 16.2. The number of hydrogen-bond acceptors (Lipinski definition) is 3. The van der Waals surface area contributed by atoms with E-state index >= 15 is 0 Å². The Balaban J connectivity index is 3.05. The highest BCUT2D eigenvalue weighted by Gasteiger charge is 2.18. The van der Waals surface area contributed by atoms with Gasteiger partial charge in [0.25, 0.3) is 0 Å².